The summed E-state index contributed by atoms with van der Waals surface area (Å²) in [7, 11) is 0. The van der Waals surface area contributed by atoms with E-state index >= 15 is 0 Å². The highest BCUT2D eigenvalue weighted by molar-refractivity contribution is 5.95. The second-order valence-corrected chi connectivity index (χ2v) is 6.04. The quantitative estimate of drug-likeness (QED) is 0.934. The van der Waals surface area contributed by atoms with Crippen LogP contribution in [0.4, 0.5) is 0 Å². The van der Waals surface area contributed by atoms with E-state index in [1.807, 2.05) is 24.3 Å². The maximum Gasteiger partial charge on any atom is 0.372 e. The van der Waals surface area contributed by atoms with Crippen LogP contribution < -0.4 is 0 Å². The maximum atomic E-state index is 11.5. The average molecular weight is 287 g/mol. The number of likely N-dealkylation sites (tertiary alicyclic amines) is 1. The van der Waals surface area contributed by atoms with Crippen LogP contribution >= 0.6 is 0 Å². The maximum absolute atomic E-state index is 11.5. The lowest BCUT2D eigenvalue weighted by atomic mass is 9.91. The van der Waals surface area contributed by atoms with Crippen molar-refractivity contribution in [3.8, 4) is 0 Å². The molecule has 2 unspecified atom stereocenters. The van der Waals surface area contributed by atoms with E-state index in [0.29, 0.717) is 24.1 Å². The van der Waals surface area contributed by atoms with E-state index in [1.165, 1.54) is 12.8 Å². The number of piperidine rings is 1. The largest absolute Gasteiger partial charge is 0.475 e. The number of para-hydroxylation sites is 1. The number of benzene rings is 1. The Balaban J connectivity index is 1.99. The molecule has 0 radical (unpaired) electrons. The summed E-state index contributed by atoms with van der Waals surface area (Å²) in [6, 6.07) is 8.03. The van der Waals surface area contributed by atoms with Crippen LogP contribution in [0.2, 0.25) is 0 Å². The van der Waals surface area contributed by atoms with Crippen molar-refractivity contribution in [1.82, 2.24) is 4.90 Å². The van der Waals surface area contributed by atoms with Crippen molar-refractivity contribution in [3.63, 3.8) is 0 Å². The smallest absolute Gasteiger partial charge is 0.372 e. The van der Waals surface area contributed by atoms with Crippen LogP contribution in [0.3, 0.4) is 0 Å². The molecule has 0 bridgehead atoms. The molecule has 0 saturated carbocycles. The fraction of sp³-hybridized carbons (Fsp3) is 0.471. The monoisotopic (exact) mass is 287 g/mol. The van der Waals surface area contributed by atoms with Gasteiger partial charge in [-0.2, -0.15) is 0 Å². The molecule has 1 aliphatic heterocycles. The van der Waals surface area contributed by atoms with Gasteiger partial charge in [-0.15, -0.1) is 0 Å². The van der Waals surface area contributed by atoms with E-state index < -0.39 is 5.97 Å². The van der Waals surface area contributed by atoms with Gasteiger partial charge in [0.1, 0.15) is 5.58 Å². The van der Waals surface area contributed by atoms with Gasteiger partial charge in [-0.25, -0.2) is 4.79 Å². The minimum absolute atomic E-state index is 0.0848. The summed E-state index contributed by atoms with van der Waals surface area (Å²) >= 11 is 0. The molecule has 2 heterocycles. The van der Waals surface area contributed by atoms with Crippen molar-refractivity contribution in [3.05, 3.63) is 35.6 Å². The first-order valence-corrected chi connectivity index (χ1v) is 7.55. The summed E-state index contributed by atoms with van der Waals surface area (Å²) < 4.78 is 5.54. The van der Waals surface area contributed by atoms with Gasteiger partial charge >= 0.3 is 5.97 Å². The third-order valence-electron chi connectivity index (χ3n) is 4.76. The zero-order chi connectivity index (χ0) is 15.0. The van der Waals surface area contributed by atoms with Gasteiger partial charge < -0.3 is 9.52 Å². The van der Waals surface area contributed by atoms with E-state index in [2.05, 4.69) is 18.7 Å². The number of nitrogens with zero attached hydrogens (tertiary/aromatic N) is 1. The summed E-state index contributed by atoms with van der Waals surface area (Å²) in [5.74, 6) is -0.259. The minimum Gasteiger partial charge on any atom is -0.475 e. The molecule has 112 valence electrons. The summed E-state index contributed by atoms with van der Waals surface area (Å²) in [6.07, 6.45) is 2.42. The van der Waals surface area contributed by atoms with Crippen LogP contribution in [0, 0.1) is 5.92 Å². The fourth-order valence-electron chi connectivity index (χ4n) is 3.28. The first kappa shape index (κ1) is 14.1. The molecule has 2 atom stereocenters. The molecule has 0 aliphatic carbocycles. The minimum atomic E-state index is -0.987. The highest BCUT2D eigenvalue weighted by atomic mass is 16.4. The Bertz CT molecular complexity index is 661. The SMILES string of the molecule is CC1CCCN(Cc2c(C(=O)O)oc3ccccc23)C1C. The van der Waals surface area contributed by atoms with Gasteiger partial charge in [-0.05, 0) is 38.3 Å². The van der Waals surface area contributed by atoms with E-state index in [0.717, 1.165) is 17.5 Å². The van der Waals surface area contributed by atoms with Gasteiger partial charge in [0.15, 0.2) is 0 Å². The number of carboxylic acid groups (broad SMARTS) is 1. The molecular weight excluding hydrogens is 266 g/mol. The molecule has 1 saturated heterocycles. The Morgan fingerprint density at radius 3 is 2.90 bits per heavy atom. The van der Waals surface area contributed by atoms with Gasteiger partial charge in [-0.1, -0.05) is 25.1 Å². The van der Waals surface area contributed by atoms with Crippen LogP contribution in [-0.2, 0) is 6.54 Å². The lowest BCUT2D eigenvalue weighted by Gasteiger charge is -2.37. The molecule has 0 amide bonds. The standard InChI is InChI=1S/C17H21NO3/c1-11-6-5-9-18(12(11)2)10-14-13-7-3-4-8-15(13)21-16(14)17(19)20/h3-4,7-8,11-12H,5-6,9-10H2,1-2H3,(H,19,20). The number of hydrogen-bond donors (Lipinski definition) is 1. The van der Waals surface area contributed by atoms with E-state index in [-0.39, 0.29) is 5.76 Å². The van der Waals surface area contributed by atoms with Crippen LogP contribution in [0.5, 0.6) is 0 Å². The van der Waals surface area contributed by atoms with Gasteiger partial charge in [0.05, 0.1) is 0 Å². The van der Waals surface area contributed by atoms with Gasteiger partial charge in [0.2, 0.25) is 5.76 Å². The van der Waals surface area contributed by atoms with Crippen molar-refractivity contribution >= 4 is 16.9 Å². The summed E-state index contributed by atoms with van der Waals surface area (Å²) in [4.78, 5) is 13.8. The van der Waals surface area contributed by atoms with Crippen molar-refractivity contribution in [2.75, 3.05) is 6.54 Å². The normalized spacial score (nSPS) is 23.5. The molecule has 21 heavy (non-hydrogen) atoms. The molecule has 1 aliphatic rings. The molecule has 1 aromatic heterocycles. The number of hydrogen-bond acceptors (Lipinski definition) is 3. The Morgan fingerprint density at radius 2 is 2.14 bits per heavy atom. The lowest BCUT2D eigenvalue weighted by Crippen LogP contribution is -2.41. The molecule has 3 rings (SSSR count). The van der Waals surface area contributed by atoms with E-state index in [9.17, 15) is 9.90 Å². The molecule has 0 spiro atoms. The van der Waals surface area contributed by atoms with E-state index in [1.54, 1.807) is 0 Å². The van der Waals surface area contributed by atoms with Crippen LogP contribution in [0.25, 0.3) is 11.0 Å². The van der Waals surface area contributed by atoms with Crippen molar-refractivity contribution < 1.29 is 14.3 Å². The zero-order valence-electron chi connectivity index (χ0n) is 12.5. The van der Waals surface area contributed by atoms with Crippen molar-refractivity contribution in [2.45, 2.75) is 39.3 Å². The Labute approximate surface area is 124 Å². The third kappa shape index (κ3) is 2.56. The topological polar surface area (TPSA) is 53.7 Å². The van der Waals surface area contributed by atoms with Crippen LogP contribution in [0.15, 0.2) is 28.7 Å². The summed E-state index contributed by atoms with van der Waals surface area (Å²) in [6.45, 7) is 6.16. The molecule has 4 heteroatoms. The number of carbonyl (C=O) groups is 1. The van der Waals surface area contributed by atoms with Crippen LogP contribution in [0.1, 0.15) is 42.8 Å². The number of carboxylic acids is 1. The number of rotatable bonds is 3. The number of fused-ring (bicyclic) bond motifs is 1. The third-order valence-corrected chi connectivity index (χ3v) is 4.76. The molecule has 1 aromatic carbocycles. The van der Waals surface area contributed by atoms with Crippen LogP contribution in [-0.4, -0.2) is 28.6 Å². The predicted molar refractivity (Wildman–Crippen MR) is 81.4 cm³/mol. The number of aromatic carboxylic acids is 1. The lowest BCUT2D eigenvalue weighted by molar-refractivity contribution is 0.0656. The van der Waals surface area contributed by atoms with Crippen molar-refractivity contribution in [1.29, 1.82) is 0 Å². The Kier molecular flexibility index (Phi) is 3.72. The Morgan fingerprint density at radius 1 is 1.38 bits per heavy atom. The number of furan rings is 1. The second-order valence-electron chi connectivity index (χ2n) is 6.04. The van der Waals surface area contributed by atoms with Gasteiger partial charge in [-0.3, -0.25) is 4.90 Å². The van der Waals surface area contributed by atoms with Crippen molar-refractivity contribution in [2.24, 2.45) is 5.92 Å². The summed E-state index contributed by atoms with van der Waals surface area (Å²) in [5, 5.41) is 10.3. The molecule has 1 fully saturated rings. The Hall–Kier alpha value is -1.81. The highest BCUT2D eigenvalue weighted by Gasteiger charge is 2.28. The molecule has 1 N–H and O–H groups in total. The fourth-order valence-corrected chi connectivity index (χ4v) is 3.28. The van der Waals surface area contributed by atoms with E-state index in [4.69, 9.17) is 4.42 Å². The molecule has 2 aromatic rings. The highest BCUT2D eigenvalue weighted by Crippen LogP contribution is 2.30. The zero-order valence-corrected chi connectivity index (χ0v) is 12.5. The molecule has 4 nitrogen and oxygen atoms in total. The second kappa shape index (κ2) is 5.53. The molecular formula is C17H21NO3. The predicted octanol–water partition coefficient (Wildman–Crippen LogP) is 3.75. The first-order chi connectivity index (χ1) is 10.1. The van der Waals surface area contributed by atoms with Gasteiger partial charge in [0, 0.05) is 23.5 Å². The van der Waals surface area contributed by atoms with Gasteiger partial charge in [0.25, 0.3) is 0 Å². The first-order valence-electron chi connectivity index (χ1n) is 7.55. The summed E-state index contributed by atoms with van der Waals surface area (Å²) in [5.41, 5.74) is 1.46. The average Bonchev–Trinajstić information content (AvgIpc) is 2.83.